The van der Waals surface area contributed by atoms with Gasteiger partial charge in [0.15, 0.2) is 0 Å². The number of anilines is 1. The second-order valence-electron chi connectivity index (χ2n) is 3.03. The van der Waals surface area contributed by atoms with Crippen LogP contribution in [0.2, 0.25) is 5.02 Å². The molecule has 2 aromatic rings. The lowest BCUT2D eigenvalue weighted by molar-refractivity contribution is 1.00. The minimum Gasteiger partial charge on any atom is -0.368 e. The van der Waals surface area contributed by atoms with E-state index in [9.17, 15) is 0 Å². The summed E-state index contributed by atoms with van der Waals surface area (Å²) < 4.78 is 0. The Morgan fingerprint density at radius 3 is 3.13 bits per heavy atom. The molecule has 2 rings (SSSR count). The molecule has 0 aromatic carbocycles. The van der Waals surface area contributed by atoms with Gasteiger partial charge >= 0.3 is 0 Å². The lowest BCUT2D eigenvalue weighted by Gasteiger charge is -2.05. The van der Waals surface area contributed by atoms with E-state index in [-0.39, 0.29) is 0 Å². The predicted octanol–water partition coefficient (Wildman–Crippen LogP) is 2.85. The topological polar surface area (TPSA) is 37.8 Å². The number of rotatable bonds is 4. The van der Waals surface area contributed by atoms with Gasteiger partial charge in [0.2, 0.25) is 0 Å². The molecule has 3 nitrogen and oxygen atoms in total. The molecule has 0 atom stereocenters. The van der Waals surface area contributed by atoms with Gasteiger partial charge in [0, 0.05) is 6.54 Å². The van der Waals surface area contributed by atoms with Gasteiger partial charge in [-0.05, 0) is 28.8 Å². The molecule has 5 heteroatoms. The second-order valence-corrected chi connectivity index (χ2v) is 4.21. The molecule has 0 radical (unpaired) electrons. The summed E-state index contributed by atoms with van der Waals surface area (Å²) in [4.78, 5) is 7.87. The third kappa shape index (κ3) is 2.91. The molecule has 1 N–H and O–H groups in total. The molecule has 0 aliphatic rings. The van der Waals surface area contributed by atoms with Crippen molar-refractivity contribution < 1.29 is 0 Å². The second kappa shape index (κ2) is 5.09. The van der Waals surface area contributed by atoms with E-state index in [1.165, 1.54) is 11.9 Å². The van der Waals surface area contributed by atoms with Crippen LogP contribution in [0, 0.1) is 0 Å². The van der Waals surface area contributed by atoms with E-state index in [1.807, 2.05) is 0 Å². The van der Waals surface area contributed by atoms with Gasteiger partial charge in [-0.25, -0.2) is 9.97 Å². The summed E-state index contributed by atoms with van der Waals surface area (Å²) in [6.07, 6.45) is 4.05. The smallest absolute Gasteiger partial charge is 0.148 e. The maximum atomic E-state index is 5.90. The summed E-state index contributed by atoms with van der Waals surface area (Å²) in [7, 11) is 0. The van der Waals surface area contributed by atoms with Crippen LogP contribution >= 0.6 is 22.9 Å². The lowest BCUT2D eigenvalue weighted by Crippen LogP contribution is -2.06. The van der Waals surface area contributed by atoms with Crippen LogP contribution in [0.5, 0.6) is 0 Å². The summed E-state index contributed by atoms with van der Waals surface area (Å²) in [6.45, 7) is 0.827. The maximum Gasteiger partial charge on any atom is 0.148 e. The Bertz CT molecular complexity index is 416. The average Bonchev–Trinajstić information content (AvgIpc) is 2.74. The van der Waals surface area contributed by atoms with Crippen molar-refractivity contribution in [2.45, 2.75) is 6.42 Å². The van der Waals surface area contributed by atoms with Crippen molar-refractivity contribution in [2.24, 2.45) is 0 Å². The normalized spacial score (nSPS) is 10.2. The number of hydrogen-bond acceptors (Lipinski definition) is 4. The fraction of sp³-hybridized carbons (Fsp3) is 0.200. The van der Waals surface area contributed by atoms with Crippen LogP contribution in [0.3, 0.4) is 0 Å². The van der Waals surface area contributed by atoms with Crippen molar-refractivity contribution in [1.29, 1.82) is 0 Å². The summed E-state index contributed by atoms with van der Waals surface area (Å²) in [5.74, 6) is 0.696. The van der Waals surface area contributed by atoms with Crippen molar-refractivity contribution >= 4 is 28.8 Å². The zero-order valence-corrected chi connectivity index (χ0v) is 9.55. The van der Waals surface area contributed by atoms with E-state index in [2.05, 4.69) is 32.1 Å². The van der Waals surface area contributed by atoms with Crippen molar-refractivity contribution in [3.8, 4) is 0 Å². The molecule has 0 fully saturated rings. The molecule has 0 aliphatic carbocycles. The Labute approximate surface area is 97.2 Å². The Balaban J connectivity index is 1.86. The number of nitrogens with one attached hydrogen (secondary N) is 1. The van der Waals surface area contributed by atoms with E-state index in [4.69, 9.17) is 11.6 Å². The molecular weight excluding hydrogens is 230 g/mol. The summed E-state index contributed by atoms with van der Waals surface area (Å²) >= 11 is 7.61. The van der Waals surface area contributed by atoms with Crippen LogP contribution in [-0.4, -0.2) is 16.5 Å². The highest BCUT2D eigenvalue weighted by Crippen LogP contribution is 2.16. The Morgan fingerprint density at radius 2 is 2.40 bits per heavy atom. The van der Waals surface area contributed by atoms with Crippen molar-refractivity contribution in [3.63, 3.8) is 0 Å². The van der Waals surface area contributed by atoms with Gasteiger partial charge in [-0.15, -0.1) is 0 Å². The van der Waals surface area contributed by atoms with Gasteiger partial charge in [0.25, 0.3) is 0 Å². The van der Waals surface area contributed by atoms with Crippen molar-refractivity contribution in [3.05, 3.63) is 39.9 Å². The van der Waals surface area contributed by atoms with E-state index in [0.29, 0.717) is 10.8 Å². The van der Waals surface area contributed by atoms with E-state index in [1.54, 1.807) is 17.5 Å². The SMILES string of the molecule is Clc1cncnc1NCCc1ccsc1. The van der Waals surface area contributed by atoms with Gasteiger partial charge in [-0.2, -0.15) is 11.3 Å². The van der Waals surface area contributed by atoms with Gasteiger partial charge in [-0.1, -0.05) is 11.6 Å². The predicted molar refractivity (Wildman–Crippen MR) is 63.6 cm³/mol. The van der Waals surface area contributed by atoms with Gasteiger partial charge in [0.1, 0.15) is 17.2 Å². The minimum absolute atomic E-state index is 0.558. The van der Waals surface area contributed by atoms with Crippen LogP contribution in [0.25, 0.3) is 0 Å². The lowest BCUT2D eigenvalue weighted by atomic mass is 10.2. The molecular formula is C10H10ClN3S. The average molecular weight is 240 g/mol. The molecule has 0 amide bonds. The third-order valence-electron chi connectivity index (χ3n) is 1.95. The standard InChI is InChI=1S/C10H10ClN3S/c11-9-5-12-7-14-10(9)13-3-1-8-2-4-15-6-8/h2,4-7H,1,3H2,(H,12,13,14). The largest absolute Gasteiger partial charge is 0.368 e. The number of aromatic nitrogens is 2. The zero-order valence-electron chi connectivity index (χ0n) is 7.98. The first-order valence-electron chi connectivity index (χ1n) is 4.57. The Hall–Kier alpha value is -1.13. The number of hydrogen-bond donors (Lipinski definition) is 1. The highest BCUT2D eigenvalue weighted by Gasteiger charge is 1.99. The quantitative estimate of drug-likeness (QED) is 0.892. The van der Waals surface area contributed by atoms with E-state index in [0.717, 1.165) is 13.0 Å². The van der Waals surface area contributed by atoms with Crippen molar-refractivity contribution in [2.75, 3.05) is 11.9 Å². The molecule has 0 saturated heterocycles. The molecule has 0 saturated carbocycles. The Morgan fingerprint density at radius 1 is 1.47 bits per heavy atom. The van der Waals surface area contributed by atoms with Gasteiger partial charge in [-0.3, -0.25) is 0 Å². The monoisotopic (exact) mass is 239 g/mol. The summed E-state index contributed by atoms with van der Waals surface area (Å²) in [6, 6.07) is 2.12. The first kappa shape index (κ1) is 10.4. The number of thiophene rings is 1. The molecule has 2 aromatic heterocycles. The van der Waals surface area contributed by atoms with Crippen LogP contribution in [-0.2, 0) is 6.42 Å². The van der Waals surface area contributed by atoms with Crippen LogP contribution < -0.4 is 5.32 Å². The van der Waals surface area contributed by atoms with Crippen LogP contribution in [0.4, 0.5) is 5.82 Å². The maximum absolute atomic E-state index is 5.90. The molecule has 0 spiro atoms. The Kier molecular flexibility index (Phi) is 3.53. The first-order chi connectivity index (χ1) is 7.36. The van der Waals surface area contributed by atoms with Crippen LogP contribution in [0.15, 0.2) is 29.4 Å². The molecule has 0 unspecified atom stereocenters. The molecule has 2 heterocycles. The molecule has 78 valence electrons. The highest BCUT2D eigenvalue weighted by atomic mass is 35.5. The minimum atomic E-state index is 0.558. The van der Waals surface area contributed by atoms with Crippen molar-refractivity contribution in [1.82, 2.24) is 9.97 Å². The first-order valence-corrected chi connectivity index (χ1v) is 5.89. The fourth-order valence-electron chi connectivity index (χ4n) is 1.20. The third-order valence-corrected chi connectivity index (χ3v) is 2.96. The summed E-state index contributed by atoms with van der Waals surface area (Å²) in [5.41, 5.74) is 1.33. The molecule has 0 bridgehead atoms. The van der Waals surface area contributed by atoms with Gasteiger partial charge < -0.3 is 5.32 Å². The fourth-order valence-corrected chi connectivity index (χ4v) is 2.08. The zero-order chi connectivity index (χ0) is 10.5. The van der Waals surface area contributed by atoms with Gasteiger partial charge in [0.05, 0.1) is 6.20 Å². The van der Waals surface area contributed by atoms with E-state index >= 15 is 0 Å². The molecule has 0 aliphatic heterocycles. The number of nitrogens with zero attached hydrogens (tertiary/aromatic N) is 2. The van der Waals surface area contributed by atoms with E-state index < -0.39 is 0 Å². The summed E-state index contributed by atoms with van der Waals surface area (Å²) in [5, 5.41) is 7.95. The van der Waals surface area contributed by atoms with Crippen LogP contribution in [0.1, 0.15) is 5.56 Å². The number of halogens is 1. The highest BCUT2D eigenvalue weighted by molar-refractivity contribution is 7.07. The molecule has 15 heavy (non-hydrogen) atoms.